The van der Waals surface area contributed by atoms with Crippen molar-refractivity contribution in [2.24, 2.45) is 0 Å². The third-order valence-corrected chi connectivity index (χ3v) is 3.02. The molecule has 1 rings (SSSR count). The number of benzene rings is 1. The van der Waals surface area contributed by atoms with Crippen LogP contribution in [0.2, 0.25) is 0 Å². The van der Waals surface area contributed by atoms with Crippen molar-refractivity contribution in [3.63, 3.8) is 0 Å². The lowest BCUT2D eigenvalue weighted by Gasteiger charge is -2.10. The Balaban J connectivity index is 2.70. The molecule has 0 bridgehead atoms. The van der Waals surface area contributed by atoms with Crippen LogP contribution in [0, 0.1) is 13.7 Å². The molecule has 0 fully saturated rings. The van der Waals surface area contributed by atoms with Gasteiger partial charge in [-0.15, -0.1) is 0 Å². The van der Waals surface area contributed by atoms with Crippen LogP contribution in [-0.4, -0.2) is 22.7 Å². The van der Waals surface area contributed by atoms with E-state index in [0.29, 0.717) is 16.5 Å². The number of halogens is 1. The molecule has 0 aliphatic rings. The van der Waals surface area contributed by atoms with E-state index in [0.717, 1.165) is 5.69 Å². The van der Waals surface area contributed by atoms with Crippen LogP contribution in [0.25, 0.3) is 0 Å². The maximum absolute atomic E-state index is 10.6. The third-order valence-electron chi connectivity index (χ3n) is 2.16. The van der Waals surface area contributed by atoms with Crippen LogP contribution in [-0.2, 0) is 0 Å². The minimum atomic E-state index is -0.410. The standard InChI is InChI=1S/C10H13IN2O3/c1-2-8(14)6-12-7-3-4-10(13(15)16)9(11)5-7/h3-5,8,12,14H,2,6H2,1H3. The number of nitro benzene ring substituents is 1. The molecule has 0 heterocycles. The van der Waals surface area contributed by atoms with Crippen LogP contribution in [0.15, 0.2) is 18.2 Å². The van der Waals surface area contributed by atoms with Crippen molar-refractivity contribution in [3.05, 3.63) is 31.9 Å². The van der Waals surface area contributed by atoms with Gasteiger partial charge in [0.1, 0.15) is 0 Å². The van der Waals surface area contributed by atoms with Gasteiger partial charge in [-0.2, -0.15) is 0 Å². The van der Waals surface area contributed by atoms with Crippen molar-refractivity contribution in [2.75, 3.05) is 11.9 Å². The Morgan fingerprint density at radius 1 is 1.62 bits per heavy atom. The van der Waals surface area contributed by atoms with Crippen molar-refractivity contribution in [3.8, 4) is 0 Å². The Labute approximate surface area is 107 Å². The van der Waals surface area contributed by atoms with E-state index in [9.17, 15) is 15.2 Å². The van der Waals surface area contributed by atoms with Crippen LogP contribution in [0.3, 0.4) is 0 Å². The minimum absolute atomic E-state index is 0.0992. The number of anilines is 1. The van der Waals surface area contributed by atoms with Gasteiger partial charge in [-0.25, -0.2) is 0 Å². The fourth-order valence-corrected chi connectivity index (χ4v) is 1.86. The zero-order chi connectivity index (χ0) is 12.1. The molecule has 0 saturated carbocycles. The van der Waals surface area contributed by atoms with Crippen LogP contribution >= 0.6 is 22.6 Å². The number of nitro groups is 1. The zero-order valence-electron chi connectivity index (χ0n) is 8.81. The molecule has 0 saturated heterocycles. The van der Waals surface area contributed by atoms with Gasteiger partial charge in [-0.3, -0.25) is 10.1 Å². The molecule has 88 valence electrons. The van der Waals surface area contributed by atoms with E-state index in [1.807, 2.05) is 29.5 Å². The molecule has 0 radical (unpaired) electrons. The first-order chi connectivity index (χ1) is 7.54. The quantitative estimate of drug-likeness (QED) is 0.492. The maximum Gasteiger partial charge on any atom is 0.282 e. The highest BCUT2D eigenvalue weighted by molar-refractivity contribution is 14.1. The first-order valence-corrected chi connectivity index (χ1v) is 5.98. The van der Waals surface area contributed by atoms with Crippen LogP contribution in [0.5, 0.6) is 0 Å². The van der Waals surface area contributed by atoms with Crippen molar-refractivity contribution >= 4 is 34.0 Å². The number of aliphatic hydroxyl groups is 1. The third kappa shape index (κ3) is 3.60. The Bertz CT molecular complexity index is 384. The number of nitrogens with one attached hydrogen (secondary N) is 1. The number of hydrogen-bond acceptors (Lipinski definition) is 4. The molecule has 0 amide bonds. The summed E-state index contributed by atoms with van der Waals surface area (Å²) < 4.78 is 0.582. The van der Waals surface area contributed by atoms with E-state index in [4.69, 9.17) is 0 Å². The van der Waals surface area contributed by atoms with Gasteiger partial charge < -0.3 is 10.4 Å². The second kappa shape index (κ2) is 6.00. The molecule has 1 unspecified atom stereocenters. The fourth-order valence-electron chi connectivity index (χ4n) is 1.14. The highest BCUT2D eigenvalue weighted by Gasteiger charge is 2.11. The van der Waals surface area contributed by atoms with Gasteiger partial charge in [0.25, 0.3) is 5.69 Å². The average molecular weight is 336 g/mol. The molecule has 1 aromatic rings. The summed E-state index contributed by atoms with van der Waals surface area (Å²) in [6.07, 6.45) is 0.282. The summed E-state index contributed by atoms with van der Waals surface area (Å²) in [6, 6.07) is 4.80. The van der Waals surface area contributed by atoms with Crippen molar-refractivity contribution in [1.29, 1.82) is 0 Å². The van der Waals surface area contributed by atoms with Crippen LogP contribution in [0.4, 0.5) is 11.4 Å². The molecule has 6 heteroatoms. The lowest BCUT2D eigenvalue weighted by Crippen LogP contribution is -2.18. The zero-order valence-corrected chi connectivity index (χ0v) is 11.0. The van der Waals surface area contributed by atoms with Gasteiger partial charge in [-0.1, -0.05) is 6.92 Å². The summed E-state index contributed by atoms with van der Waals surface area (Å²) in [7, 11) is 0. The molecule has 0 aliphatic carbocycles. The smallest absolute Gasteiger partial charge is 0.282 e. The van der Waals surface area contributed by atoms with Gasteiger partial charge >= 0.3 is 0 Å². The molecule has 0 aromatic heterocycles. The topological polar surface area (TPSA) is 75.4 Å². The lowest BCUT2D eigenvalue weighted by molar-refractivity contribution is -0.385. The fraction of sp³-hybridized carbons (Fsp3) is 0.400. The van der Waals surface area contributed by atoms with Gasteiger partial charge in [0.15, 0.2) is 0 Å². The first kappa shape index (κ1) is 13.2. The summed E-state index contributed by atoms with van der Waals surface area (Å²) in [5.41, 5.74) is 0.879. The Kier molecular flexibility index (Phi) is 4.94. The molecule has 1 aromatic carbocycles. The van der Waals surface area contributed by atoms with Gasteiger partial charge in [0, 0.05) is 18.3 Å². The summed E-state index contributed by atoms with van der Waals surface area (Å²) in [6.45, 7) is 2.34. The predicted molar refractivity (Wildman–Crippen MR) is 70.6 cm³/mol. The minimum Gasteiger partial charge on any atom is -0.391 e. The van der Waals surface area contributed by atoms with Gasteiger partial charge in [0.2, 0.25) is 0 Å². The van der Waals surface area contributed by atoms with Crippen molar-refractivity contribution in [2.45, 2.75) is 19.4 Å². The van der Waals surface area contributed by atoms with E-state index in [-0.39, 0.29) is 5.69 Å². The highest BCUT2D eigenvalue weighted by Crippen LogP contribution is 2.24. The van der Waals surface area contributed by atoms with Gasteiger partial charge in [0.05, 0.1) is 14.6 Å². The van der Waals surface area contributed by atoms with Gasteiger partial charge in [-0.05, 0) is 41.1 Å². The van der Waals surface area contributed by atoms with Crippen LogP contribution < -0.4 is 5.32 Å². The monoisotopic (exact) mass is 336 g/mol. The number of aliphatic hydroxyl groups excluding tert-OH is 1. The summed E-state index contributed by atoms with van der Waals surface area (Å²) in [5, 5.41) is 23.0. The SMILES string of the molecule is CCC(O)CNc1ccc([N+](=O)[O-])c(I)c1. The van der Waals surface area contributed by atoms with E-state index in [2.05, 4.69) is 5.32 Å². The normalized spacial score (nSPS) is 12.2. The summed E-state index contributed by atoms with van der Waals surface area (Å²) in [5.74, 6) is 0. The van der Waals surface area contributed by atoms with E-state index >= 15 is 0 Å². The average Bonchev–Trinajstić information content (AvgIpc) is 2.25. The van der Waals surface area contributed by atoms with E-state index in [1.165, 1.54) is 6.07 Å². The highest BCUT2D eigenvalue weighted by atomic mass is 127. The lowest BCUT2D eigenvalue weighted by atomic mass is 10.2. The van der Waals surface area contributed by atoms with Crippen molar-refractivity contribution < 1.29 is 10.0 Å². The largest absolute Gasteiger partial charge is 0.391 e. The molecule has 0 spiro atoms. The second-order valence-corrected chi connectivity index (χ2v) is 4.53. The predicted octanol–water partition coefficient (Wildman–Crippen LogP) is 2.38. The molecule has 16 heavy (non-hydrogen) atoms. The molecule has 0 aliphatic heterocycles. The molecular formula is C10H13IN2O3. The summed E-state index contributed by atoms with van der Waals surface area (Å²) in [4.78, 5) is 10.2. The number of nitrogens with zero attached hydrogens (tertiary/aromatic N) is 1. The second-order valence-electron chi connectivity index (χ2n) is 3.37. The Hall–Kier alpha value is -0.890. The van der Waals surface area contributed by atoms with Crippen LogP contribution in [0.1, 0.15) is 13.3 Å². The summed E-state index contributed by atoms with van der Waals surface area (Å²) >= 11 is 1.92. The maximum atomic E-state index is 10.6. The number of hydrogen-bond donors (Lipinski definition) is 2. The van der Waals surface area contributed by atoms with E-state index in [1.54, 1.807) is 12.1 Å². The molecule has 2 N–H and O–H groups in total. The Morgan fingerprint density at radius 2 is 2.31 bits per heavy atom. The molecule has 1 atom stereocenters. The number of rotatable bonds is 5. The molecular weight excluding hydrogens is 323 g/mol. The molecule has 5 nitrogen and oxygen atoms in total. The van der Waals surface area contributed by atoms with Crippen molar-refractivity contribution in [1.82, 2.24) is 0 Å². The Morgan fingerprint density at radius 3 is 2.81 bits per heavy atom. The van der Waals surface area contributed by atoms with E-state index < -0.39 is 11.0 Å². The first-order valence-electron chi connectivity index (χ1n) is 4.90.